The van der Waals surface area contributed by atoms with E-state index in [9.17, 15) is 9.18 Å². The van der Waals surface area contributed by atoms with Gasteiger partial charge in [-0.25, -0.2) is 9.18 Å². The zero-order valence-electron chi connectivity index (χ0n) is 13.6. The van der Waals surface area contributed by atoms with Crippen molar-refractivity contribution in [3.05, 3.63) is 30.1 Å². The van der Waals surface area contributed by atoms with Gasteiger partial charge in [-0.3, -0.25) is 0 Å². The Balaban J connectivity index is 1.69. The monoisotopic (exact) mass is 323 g/mol. The van der Waals surface area contributed by atoms with Crippen molar-refractivity contribution in [2.24, 2.45) is 5.92 Å². The number of halogens is 1. The molecule has 0 bridgehead atoms. The summed E-state index contributed by atoms with van der Waals surface area (Å²) in [6.07, 6.45) is 2.47. The maximum atomic E-state index is 13.0. The minimum absolute atomic E-state index is 0.0569. The summed E-state index contributed by atoms with van der Waals surface area (Å²) in [6.45, 7) is 4.50. The summed E-state index contributed by atoms with van der Waals surface area (Å²) in [5.41, 5.74) is 1.02. The van der Waals surface area contributed by atoms with Crippen molar-refractivity contribution in [3.63, 3.8) is 0 Å². The second-order valence-electron chi connectivity index (χ2n) is 6.20. The molecule has 2 amide bonds. The Labute approximate surface area is 136 Å². The second kappa shape index (κ2) is 8.72. The van der Waals surface area contributed by atoms with Crippen molar-refractivity contribution in [1.29, 1.82) is 0 Å². The van der Waals surface area contributed by atoms with Gasteiger partial charge in [0.25, 0.3) is 0 Å². The summed E-state index contributed by atoms with van der Waals surface area (Å²) in [5, 5.41) is 14.6. The average Bonchev–Trinajstić information content (AvgIpc) is 3.00. The fraction of sp³-hybridized carbons (Fsp3) is 0.588. The number of urea groups is 1. The van der Waals surface area contributed by atoms with Crippen molar-refractivity contribution >= 4 is 11.7 Å². The molecule has 6 heteroatoms. The van der Waals surface area contributed by atoms with Crippen LogP contribution in [-0.4, -0.2) is 43.4 Å². The zero-order valence-corrected chi connectivity index (χ0v) is 13.6. The highest BCUT2D eigenvalue weighted by Gasteiger charge is 2.23. The number of nitrogens with one attached hydrogen (secondary N) is 2. The number of rotatable bonds is 7. The standard InChI is InChI=1S/C17H26FN3O2/c1-13(3-2-10-22)20-17(23)19-11-14-8-9-21(12-14)16-6-4-15(18)5-7-16/h4-7,13-14,22H,2-3,8-12H2,1H3,(H2,19,20,23). The molecule has 0 aliphatic carbocycles. The molecule has 2 unspecified atom stereocenters. The molecular formula is C17H26FN3O2. The first-order chi connectivity index (χ1) is 11.1. The molecule has 2 atom stereocenters. The summed E-state index contributed by atoms with van der Waals surface area (Å²) in [4.78, 5) is 14.0. The molecule has 2 rings (SSSR count). The molecule has 1 aromatic carbocycles. The van der Waals surface area contributed by atoms with E-state index in [2.05, 4.69) is 15.5 Å². The van der Waals surface area contributed by atoms with E-state index >= 15 is 0 Å². The van der Waals surface area contributed by atoms with E-state index in [1.807, 2.05) is 6.92 Å². The molecule has 3 N–H and O–H groups in total. The maximum Gasteiger partial charge on any atom is 0.315 e. The third kappa shape index (κ3) is 5.71. The molecule has 1 heterocycles. The van der Waals surface area contributed by atoms with Gasteiger partial charge in [-0.05, 0) is 56.4 Å². The second-order valence-corrected chi connectivity index (χ2v) is 6.20. The van der Waals surface area contributed by atoms with Crippen LogP contribution in [-0.2, 0) is 0 Å². The van der Waals surface area contributed by atoms with Crippen molar-refractivity contribution in [2.45, 2.75) is 32.2 Å². The zero-order chi connectivity index (χ0) is 16.7. The number of carbonyl (C=O) groups is 1. The summed E-state index contributed by atoms with van der Waals surface area (Å²) < 4.78 is 13.0. The van der Waals surface area contributed by atoms with Crippen LogP contribution in [0.25, 0.3) is 0 Å². The Hall–Kier alpha value is -1.82. The molecule has 1 aromatic rings. The van der Waals surface area contributed by atoms with Crippen LogP contribution in [0.2, 0.25) is 0 Å². The normalized spacial score (nSPS) is 18.7. The van der Waals surface area contributed by atoms with Crippen LogP contribution in [0.1, 0.15) is 26.2 Å². The van der Waals surface area contributed by atoms with E-state index in [0.29, 0.717) is 18.9 Å². The first-order valence-electron chi connectivity index (χ1n) is 8.24. The number of nitrogens with zero attached hydrogens (tertiary/aromatic N) is 1. The lowest BCUT2D eigenvalue weighted by atomic mass is 10.1. The molecular weight excluding hydrogens is 297 g/mol. The van der Waals surface area contributed by atoms with Crippen LogP contribution in [0.3, 0.4) is 0 Å². The number of aliphatic hydroxyl groups excluding tert-OH is 1. The Bertz CT molecular complexity index is 495. The lowest BCUT2D eigenvalue weighted by Gasteiger charge is -2.19. The number of carbonyl (C=O) groups excluding carboxylic acids is 1. The Morgan fingerprint density at radius 1 is 1.43 bits per heavy atom. The Morgan fingerprint density at radius 3 is 2.87 bits per heavy atom. The van der Waals surface area contributed by atoms with Gasteiger partial charge in [0.05, 0.1) is 0 Å². The van der Waals surface area contributed by atoms with Gasteiger partial charge in [-0.2, -0.15) is 0 Å². The first-order valence-corrected chi connectivity index (χ1v) is 8.24. The number of hydrogen-bond donors (Lipinski definition) is 3. The SMILES string of the molecule is CC(CCCO)NC(=O)NCC1CCN(c2ccc(F)cc2)C1. The quantitative estimate of drug-likeness (QED) is 0.720. The van der Waals surface area contributed by atoms with Crippen LogP contribution in [0.5, 0.6) is 0 Å². The van der Waals surface area contributed by atoms with E-state index < -0.39 is 0 Å². The fourth-order valence-corrected chi connectivity index (χ4v) is 2.87. The third-order valence-electron chi connectivity index (χ3n) is 4.20. The van der Waals surface area contributed by atoms with Gasteiger partial charge in [0, 0.05) is 38.0 Å². The highest BCUT2D eigenvalue weighted by molar-refractivity contribution is 5.74. The van der Waals surface area contributed by atoms with Gasteiger partial charge < -0.3 is 20.6 Å². The Kier molecular flexibility index (Phi) is 6.65. The van der Waals surface area contributed by atoms with Crippen LogP contribution in [0.4, 0.5) is 14.9 Å². The lowest BCUT2D eigenvalue weighted by molar-refractivity contribution is 0.233. The van der Waals surface area contributed by atoms with Gasteiger partial charge >= 0.3 is 6.03 Å². The number of anilines is 1. The molecule has 1 fully saturated rings. The fourth-order valence-electron chi connectivity index (χ4n) is 2.87. The molecule has 23 heavy (non-hydrogen) atoms. The van der Waals surface area contributed by atoms with Crippen molar-refractivity contribution < 1.29 is 14.3 Å². The van der Waals surface area contributed by atoms with E-state index in [1.54, 1.807) is 12.1 Å². The summed E-state index contributed by atoms with van der Waals surface area (Å²) >= 11 is 0. The van der Waals surface area contributed by atoms with E-state index in [-0.39, 0.29) is 24.5 Å². The van der Waals surface area contributed by atoms with Crippen LogP contribution >= 0.6 is 0 Å². The van der Waals surface area contributed by atoms with Gasteiger partial charge in [0.15, 0.2) is 0 Å². The van der Waals surface area contributed by atoms with Crippen LogP contribution in [0.15, 0.2) is 24.3 Å². The third-order valence-corrected chi connectivity index (χ3v) is 4.20. The molecule has 0 spiro atoms. The van der Waals surface area contributed by atoms with Gasteiger partial charge in [-0.1, -0.05) is 0 Å². The van der Waals surface area contributed by atoms with Gasteiger partial charge in [-0.15, -0.1) is 0 Å². The molecule has 5 nitrogen and oxygen atoms in total. The predicted molar refractivity (Wildman–Crippen MR) is 89.0 cm³/mol. The van der Waals surface area contributed by atoms with E-state index in [1.165, 1.54) is 12.1 Å². The van der Waals surface area contributed by atoms with Crippen molar-refractivity contribution in [2.75, 3.05) is 31.1 Å². The molecule has 1 aliphatic heterocycles. The van der Waals surface area contributed by atoms with Crippen molar-refractivity contribution in [1.82, 2.24) is 10.6 Å². The molecule has 0 radical (unpaired) electrons. The van der Waals surface area contributed by atoms with Gasteiger partial charge in [0.1, 0.15) is 5.82 Å². The smallest absolute Gasteiger partial charge is 0.315 e. The highest BCUT2D eigenvalue weighted by Crippen LogP contribution is 2.23. The lowest BCUT2D eigenvalue weighted by Crippen LogP contribution is -2.42. The largest absolute Gasteiger partial charge is 0.396 e. The predicted octanol–water partition coefficient (Wildman–Crippen LogP) is 2.11. The molecule has 1 saturated heterocycles. The minimum Gasteiger partial charge on any atom is -0.396 e. The summed E-state index contributed by atoms with van der Waals surface area (Å²) in [6, 6.07) is 6.43. The molecule has 128 valence electrons. The molecule has 0 aromatic heterocycles. The van der Waals surface area contributed by atoms with E-state index in [0.717, 1.165) is 31.6 Å². The summed E-state index contributed by atoms with van der Waals surface area (Å²) in [5.74, 6) is 0.178. The van der Waals surface area contributed by atoms with Crippen molar-refractivity contribution in [3.8, 4) is 0 Å². The minimum atomic E-state index is -0.224. The number of hydrogen-bond acceptors (Lipinski definition) is 3. The van der Waals surface area contributed by atoms with Crippen LogP contribution < -0.4 is 15.5 Å². The topological polar surface area (TPSA) is 64.6 Å². The number of benzene rings is 1. The maximum absolute atomic E-state index is 13.0. The average molecular weight is 323 g/mol. The van der Waals surface area contributed by atoms with Gasteiger partial charge in [0.2, 0.25) is 0 Å². The number of aliphatic hydroxyl groups is 1. The molecule has 1 aliphatic rings. The highest BCUT2D eigenvalue weighted by atomic mass is 19.1. The van der Waals surface area contributed by atoms with E-state index in [4.69, 9.17) is 5.11 Å². The Morgan fingerprint density at radius 2 is 2.17 bits per heavy atom. The summed E-state index contributed by atoms with van der Waals surface area (Å²) in [7, 11) is 0. The first kappa shape index (κ1) is 17.5. The number of amides is 2. The molecule has 0 saturated carbocycles. The van der Waals surface area contributed by atoms with Crippen LogP contribution in [0, 0.1) is 11.7 Å².